The second-order valence-electron chi connectivity index (χ2n) is 3.51. The van der Waals surface area contributed by atoms with E-state index in [0.717, 1.165) is 5.76 Å². The van der Waals surface area contributed by atoms with E-state index < -0.39 is 5.82 Å². The fraction of sp³-hybridized carbons (Fsp3) is 0.167. The highest BCUT2D eigenvalue weighted by Crippen LogP contribution is 2.28. The van der Waals surface area contributed by atoms with E-state index in [1.165, 1.54) is 19.2 Å². The van der Waals surface area contributed by atoms with Crippen LogP contribution in [0.15, 0.2) is 34.9 Å². The molecule has 1 aromatic heterocycles. The average molecular weight is 236 g/mol. The summed E-state index contributed by atoms with van der Waals surface area (Å²) >= 11 is 0. The third kappa shape index (κ3) is 2.50. The van der Waals surface area contributed by atoms with E-state index in [-0.39, 0.29) is 5.75 Å². The molecule has 0 unspecified atom stereocenters. The molecule has 3 N–H and O–H groups in total. The van der Waals surface area contributed by atoms with Crippen LogP contribution in [0.4, 0.5) is 15.8 Å². The number of rotatable bonds is 4. The maximum Gasteiger partial charge on any atom is 0.167 e. The van der Waals surface area contributed by atoms with Crippen molar-refractivity contribution in [2.45, 2.75) is 6.54 Å². The van der Waals surface area contributed by atoms with E-state index in [1.54, 1.807) is 12.3 Å². The normalized spacial score (nSPS) is 10.2. The lowest BCUT2D eigenvalue weighted by Crippen LogP contribution is -2.03. The van der Waals surface area contributed by atoms with Gasteiger partial charge in [0.1, 0.15) is 5.76 Å². The SMILES string of the molecule is COc1cc(NCc2ccco2)c(N)cc1F. The first-order chi connectivity index (χ1) is 8.20. The lowest BCUT2D eigenvalue weighted by molar-refractivity contribution is 0.387. The van der Waals surface area contributed by atoms with E-state index >= 15 is 0 Å². The van der Waals surface area contributed by atoms with Crippen LogP contribution in [-0.2, 0) is 6.54 Å². The monoisotopic (exact) mass is 236 g/mol. The van der Waals surface area contributed by atoms with Gasteiger partial charge < -0.3 is 20.2 Å². The van der Waals surface area contributed by atoms with E-state index in [2.05, 4.69) is 5.32 Å². The fourth-order valence-corrected chi connectivity index (χ4v) is 1.47. The molecular weight excluding hydrogens is 223 g/mol. The van der Waals surface area contributed by atoms with Gasteiger partial charge in [-0.1, -0.05) is 0 Å². The largest absolute Gasteiger partial charge is 0.494 e. The van der Waals surface area contributed by atoms with Gasteiger partial charge in [0.25, 0.3) is 0 Å². The van der Waals surface area contributed by atoms with Gasteiger partial charge in [-0.3, -0.25) is 0 Å². The molecule has 5 heteroatoms. The predicted octanol–water partition coefficient (Wildman–Crippen LogP) is 2.62. The number of furan rings is 1. The fourth-order valence-electron chi connectivity index (χ4n) is 1.47. The molecule has 0 fully saturated rings. The maximum absolute atomic E-state index is 13.3. The van der Waals surface area contributed by atoms with Gasteiger partial charge in [-0.05, 0) is 12.1 Å². The first-order valence-corrected chi connectivity index (χ1v) is 5.10. The van der Waals surface area contributed by atoms with Crippen LogP contribution in [0.5, 0.6) is 5.75 Å². The van der Waals surface area contributed by atoms with Crippen LogP contribution in [0, 0.1) is 5.82 Å². The number of nitrogens with two attached hydrogens (primary N) is 1. The number of benzene rings is 1. The van der Waals surface area contributed by atoms with Crippen LogP contribution in [0.1, 0.15) is 5.76 Å². The van der Waals surface area contributed by atoms with Gasteiger partial charge in [-0.15, -0.1) is 0 Å². The average Bonchev–Trinajstić information content (AvgIpc) is 2.81. The van der Waals surface area contributed by atoms with Crippen molar-refractivity contribution in [1.82, 2.24) is 0 Å². The van der Waals surface area contributed by atoms with E-state index in [0.29, 0.717) is 17.9 Å². The number of ether oxygens (including phenoxy) is 1. The maximum atomic E-state index is 13.3. The summed E-state index contributed by atoms with van der Waals surface area (Å²) in [5.41, 5.74) is 6.64. The zero-order valence-corrected chi connectivity index (χ0v) is 9.37. The molecule has 0 atom stereocenters. The summed E-state index contributed by atoms with van der Waals surface area (Å²) in [5, 5.41) is 3.05. The second kappa shape index (κ2) is 4.78. The number of nitrogens with one attached hydrogen (secondary N) is 1. The van der Waals surface area contributed by atoms with Gasteiger partial charge >= 0.3 is 0 Å². The summed E-state index contributed by atoms with van der Waals surface area (Å²) in [4.78, 5) is 0. The van der Waals surface area contributed by atoms with Gasteiger partial charge in [0, 0.05) is 12.1 Å². The van der Waals surface area contributed by atoms with Crippen LogP contribution < -0.4 is 15.8 Å². The Morgan fingerprint density at radius 2 is 2.29 bits per heavy atom. The van der Waals surface area contributed by atoms with Crippen molar-refractivity contribution in [3.8, 4) is 5.75 Å². The van der Waals surface area contributed by atoms with Crippen molar-refractivity contribution in [2.24, 2.45) is 0 Å². The molecule has 0 amide bonds. The van der Waals surface area contributed by atoms with Gasteiger partial charge in [-0.25, -0.2) is 4.39 Å². The topological polar surface area (TPSA) is 60.4 Å². The Kier molecular flexibility index (Phi) is 3.18. The smallest absolute Gasteiger partial charge is 0.167 e. The Bertz CT molecular complexity index is 497. The Balaban J connectivity index is 2.15. The molecule has 0 bridgehead atoms. The van der Waals surface area contributed by atoms with Gasteiger partial charge in [0.15, 0.2) is 11.6 Å². The van der Waals surface area contributed by atoms with Crippen molar-refractivity contribution >= 4 is 11.4 Å². The molecule has 0 saturated heterocycles. The highest BCUT2D eigenvalue weighted by atomic mass is 19.1. The Morgan fingerprint density at radius 3 is 2.94 bits per heavy atom. The zero-order valence-electron chi connectivity index (χ0n) is 9.37. The minimum atomic E-state index is -0.478. The minimum absolute atomic E-state index is 0.154. The van der Waals surface area contributed by atoms with Gasteiger partial charge in [0.05, 0.1) is 31.3 Å². The van der Waals surface area contributed by atoms with E-state index in [9.17, 15) is 4.39 Å². The molecule has 1 heterocycles. The molecule has 0 aliphatic heterocycles. The summed E-state index contributed by atoms with van der Waals surface area (Å²) in [5.74, 6) is 0.447. The summed E-state index contributed by atoms with van der Waals surface area (Å²) in [6.45, 7) is 0.478. The Hall–Kier alpha value is -2.17. The van der Waals surface area contributed by atoms with Crippen molar-refractivity contribution in [3.63, 3.8) is 0 Å². The van der Waals surface area contributed by atoms with Crippen molar-refractivity contribution in [3.05, 3.63) is 42.1 Å². The third-order valence-corrected chi connectivity index (χ3v) is 2.36. The van der Waals surface area contributed by atoms with Crippen molar-refractivity contribution in [2.75, 3.05) is 18.2 Å². The quantitative estimate of drug-likeness (QED) is 0.801. The lowest BCUT2D eigenvalue weighted by atomic mass is 10.2. The Morgan fingerprint density at radius 1 is 1.47 bits per heavy atom. The molecule has 1 aromatic carbocycles. The van der Waals surface area contributed by atoms with Crippen LogP contribution in [0.3, 0.4) is 0 Å². The molecule has 2 aromatic rings. The molecule has 0 radical (unpaired) electrons. The molecule has 0 spiro atoms. The molecule has 2 rings (SSSR count). The Labute approximate surface area is 98.2 Å². The van der Waals surface area contributed by atoms with Crippen LogP contribution >= 0.6 is 0 Å². The van der Waals surface area contributed by atoms with Crippen LogP contribution in [0.25, 0.3) is 0 Å². The third-order valence-electron chi connectivity index (χ3n) is 2.36. The number of hydrogen-bond donors (Lipinski definition) is 2. The van der Waals surface area contributed by atoms with Crippen LogP contribution in [-0.4, -0.2) is 7.11 Å². The standard InChI is InChI=1S/C12H13FN2O2/c1-16-12-6-11(10(14)5-9(12)13)15-7-8-3-2-4-17-8/h2-6,15H,7,14H2,1H3. The minimum Gasteiger partial charge on any atom is -0.494 e. The molecule has 0 aliphatic rings. The molecular formula is C12H13FN2O2. The second-order valence-corrected chi connectivity index (χ2v) is 3.51. The summed E-state index contributed by atoms with van der Waals surface area (Å²) in [6.07, 6.45) is 1.59. The van der Waals surface area contributed by atoms with Crippen LogP contribution in [0.2, 0.25) is 0 Å². The van der Waals surface area contributed by atoms with E-state index in [4.69, 9.17) is 14.9 Å². The molecule has 0 aliphatic carbocycles. The number of methoxy groups -OCH3 is 1. The number of anilines is 2. The number of halogens is 1. The summed E-state index contributed by atoms with van der Waals surface area (Å²) in [6, 6.07) is 6.38. The summed E-state index contributed by atoms with van der Waals surface area (Å²) < 4.78 is 23.3. The molecule has 4 nitrogen and oxygen atoms in total. The van der Waals surface area contributed by atoms with Crippen molar-refractivity contribution < 1.29 is 13.5 Å². The summed E-state index contributed by atoms with van der Waals surface area (Å²) in [7, 11) is 1.41. The highest BCUT2D eigenvalue weighted by Gasteiger charge is 2.08. The first kappa shape index (κ1) is 11.3. The highest BCUT2D eigenvalue weighted by molar-refractivity contribution is 5.68. The van der Waals surface area contributed by atoms with Gasteiger partial charge in [-0.2, -0.15) is 0 Å². The first-order valence-electron chi connectivity index (χ1n) is 5.10. The van der Waals surface area contributed by atoms with Gasteiger partial charge in [0.2, 0.25) is 0 Å². The predicted molar refractivity (Wildman–Crippen MR) is 63.4 cm³/mol. The number of hydrogen-bond acceptors (Lipinski definition) is 4. The molecule has 17 heavy (non-hydrogen) atoms. The molecule has 90 valence electrons. The number of nitrogen functional groups attached to an aromatic ring is 1. The van der Waals surface area contributed by atoms with E-state index in [1.807, 2.05) is 6.07 Å². The lowest BCUT2D eigenvalue weighted by Gasteiger charge is -2.10. The van der Waals surface area contributed by atoms with Crippen molar-refractivity contribution in [1.29, 1.82) is 0 Å². The zero-order chi connectivity index (χ0) is 12.3. The molecule has 0 saturated carbocycles.